The summed E-state index contributed by atoms with van der Waals surface area (Å²) in [5.74, 6) is -2.44. The summed E-state index contributed by atoms with van der Waals surface area (Å²) in [6.07, 6.45) is 3.32. The molecule has 0 aromatic carbocycles. The maximum absolute atomic E-state index is 12.5. The number of carbonyl (C=O) groups is 4. The Morgan fingerprint density at radius 3 is 2.76 bits per heavy atom. The Morgan fingerprint density at radius 1 is 1.41 bits per heavy atom. The van der Waals surface area contributed by atoms with E-state index in [0.717, 1.165) is 23.4 Å². The number of nitrogens with zero attached hydrogens (tertiary/aromatic N) is 3. The van der Waals surface area contributed by atoms with E-state index in [-0.39, 0.29) is 25.3 Å². The van der Waals surface area contributed by atoms with Gasteiger partial charge in [-0.1, -0.05) is 12.8 Å². The summed E-state index contributed by atoms with van der Waals surface area (Å²) >= 11 is 1.21. The van der Waals surface area contributed by atoms with Crippen molar-refractivity contribution in [3.63, 3.8) is 0 Å². The number of hydrogen-bond donors (Lipinski definition) is 1. The summed E-state index contributed by atoms with van der Waals surface area (Å²) in [6.45, 7) is 1.37. The molecule has 0 bridgehead atoms. The third-order valence-corrected chi connectivity index (χ3v) is 6.20. The SMILES string of the molecule is Cc1csc([C@@H](C#N)C(=O)COC(=O)CCCN2C(=O)NC3(CCCC3)C2=O)n1. The summed E-state index contributed by atoms with van der Waals surface area (Å²) < 4.78 is 4.96. The van der Waals surface area contributed by atoms with E-state index in [1.807, 2.05) is 6.07 Å². The molecule has 29 heavy (non-hydrogen) atoms. The number of urea groups is 1. The first kappa shape index (κ1) is 20.9. The molecule has 1 aromatic heterocycles. The lowest BCUT2D eigenvalue weighted by atomic mass is 9.98. The summed E-state index contributed by atoms with van der Waals surface area (Å²) in [6, 6.07) is 1.47. The van der Waals surface area contributed by atoms with Crippen LogP contribution < -0.4 is 5.32 Å². The third-order valence-electron chi connectivity index (χ3n) is 5.18. The molecule has 1 saturated carbocycles. The minimum Gasteiger partial charge on any atom is -0.458 e. The fourth-order valence-electron chi connectivity index (χ4n) is 3.66. The van der Waals surface area contributed by atoms with E-state index in [1.54, 1.807) is 12.3 Å². The average Bonchev–Trinajstić information content (AvgIpc) is 3.38. The molecule has 154 valence electrons. The number of hydrogen-bond acceptors (Lipinski definition) is 8. The highest BCUT2D eigenvalue weighted by atomic mass is 32.1. The van der Waals surface area contributed by atoms with Gasteiger partial charge in [0.1, 0.15) is 10.5 Å². The Hall–Kier alpha value is -2.80. The minimum atomic E-state index is -1.06. The molecule has 1 aliphatic heterocycles. The summed E-state index contributed by atoms with van der Waals surface area (Å²) in [4.78, 5) is 54.0. The van der Waals surface area contributed by atoms with E-state index < -0.39 is 35.8 Å². The van der Waals surface area contributed by atoms with Gasteiger partial charge in [-0.25, -0.2) is 9.78 Å². The third kappa shape index (κ3) is 4.45. The Labute approximate surface area is 172 Å². The molecule has 1 aliphatic carbocycles. The van der Waals surface area contributed by atoms with Gasteiger partial charge in [0.05, 0.1) is 6.07 Å². The highest BCUT2D eigenvalue weighted by molar-refractivity contribution is 7.09. The molecular weight excluding hydrogens is 396 g/mol. The first-order chi connectivity index (χ1) is 13.9. The number of ketones is 1. The number of thiazole rings is 1. The fraction of sp³-hybridized carbons (Fsp3) is 0.579. The van der Waals surface area contributed by atoms with Crippen LogP contribution in [-0.2, 0) is 19.1 Å². The van der Waals surface area contributed by atoms with Crippen LogP contribution >= 0.6 is 11.3 Å². The fourth-order valence-corrected chi connectivity index (χ4v) is 4.52. The molecule has 9 nitrogen and oxygen atoms in total. The predicted octanol–water partition coefficient (Wildman–Crippen LogP) is 1.82. The van der Waals surface area contributed by atoms with Crippen molar-refractivity contribution in [1.82, 2.24) is 15.2 Å². The van der Waals surface area contributed by atoms with Crippen molar-refractivity contribution < 1.29 is 23.9 Å². The van der Waals surface area contributed by atoms with Crippen molar-refractivity contribution in [2.45, 2.75) is 56.9 Å². The first-order valence-corrected chi connectivity index (χ1v) is 10.4. The molecule has 1 saturated heterocycles. The van der Waals surface area contributed by atoms with E-state index in [0.29, 0.717) is 17.8 Å². The van der Waals surface area contributed by atoms with Crippen molar-refractivity contribution >= 4 is 35.0 Å². The second-order valence-electron chi connectivity index (χ2n) is 7.30. The number of imide groups is 1. The number of Topliss-reactive ketones (excluding diaryl/α,β-unsaturated/α-hetero) is 1. The molecule has 2 aliphatic rings. The molecule has 10 heteroatoms. The lowest BCUT2D eigenvalue weighted by Crippen LogP contribution is -2.44. The second kappa shape index (κ2) is 8.69. The zero-order chi connectivity index (χ0) is 21.0. The summed E-state index contributed by atoms with van der Waals surface area (Å²) in [5.41, 5.74) is -0.0419. The van der Waals surface area contributed by atoms with Crippen molar-refractivity contribution in [2.75, 3.05) is 13.2 Å². The Balaban J connectivity index is 1.42. The quantitative estimate of drug-likeness (QED) is 0.503. The van der Waals surface area contributed by atoms with Gasteiger partial charge in [-0.2, -0.15) is 5.26 Å². The van der Waals surface area contributed by atoms with Crippen LogP contribution in [0.2, 0.25) is 0 Å². The lowest BCUT2D eigenvalue weighted by Gasteiger charge is -2.19. The normalized spacial score (nSPS) is 18.6. The van der Waals surface area contributed by atoms with Gasteiger partial charge >= 0.3 is 12.0 Å². The summed E-state index contributed by atoms with van der Waals surface area (Å²) in [5, 5.41) is 14.1. The number of amides is 3. The van der Waals surface area contributed by atoms with Gasteiger partial charge in [-0.05, 0) is 26.2 Å². The van der Waals surface area contributed by atoms with Crippen LogP contribution in [0.25, 0.3) is 0 Å². The van der Waals surface area contributed by atoms with Crippen molar-refractivity contribution in [2.24, 2.45) is 0 Å². The van der Waals surface area contributed by atoms with Gasteiger partial charge in [-0.3, -0.25) is 19.3 Å². The standard InChI is InChI=1S/C19H22N4O5S/c1-12-11-29-16(21-12)13(9-20)14(24)10-28-15(25)5-4-8-23-17(26)19(22-18(23)27)6-2-3-7-19/h11,13H,2-8,10H2,1H3,(H,22,27)/t13-/m0/s1. The number of carbonyl (C=O) groups excluding carboxylic acids is 4. The van der Waals surface area contributed by atoms with Gasteiger partial charge < -0.3 is 10.1 Å². The van der Waals surface area contributed by atoms with Crippen LogP contribution in [0.4, 0.5) is 4.79 Å². The number of nitriles is 1. The van der Waals surface area contributed by atoms with Crippen LogP contribution in [0, 0.1) is 18.3 Å². The number of aromatic nitrogens is 1. The van der Waals surface area contributed by atoms with Gasteiger partial charge in [0.2, 0.25) is 0 Å². The predicted molar refractivity (Wildman–Crippen MR) is 102 cm³/mol. The van der Waals surface area contributed by atoms with Crippen LogP contribution in [-0.4, -0.2) is 52.3 Å². The number of rotatable bonds is 8. The van der Waals surface area contributed by atoms with Gasteiger partial charge in [0.25, 0.3) is 5.91 Å². The van der Waals surface area contributed by atoms with E-state index in [4.69, 9.17) is 4.74 Å². The van der Waals surface area contributed by atoms with Crippen LogP contribution in [0.3, 0.4) is 0 Å². The maximum Gasteiger partial charge on any atom is 0.325 e. The molecule has 1 atom stereocenters. The molecule has 2 fully saturated rings. The van der Waals surface area contributed by atoms with Crippen molar-refractivity contribution in [1.29, 1.82) is 5.26 Å². The first-order valence-electron chi connectivity index (χ1n) is 9.50. The van der Waals surface area contributed by atoms with E-state index >= 15 is 0 Å². The monoisotopic (exact) mass is 418 g/mol. The smallest absolute Gasteiger partial charge is 0.325 e. The van der Waals surface area contributed by atoms with Gasteiger partial charge in [-0.15, -0.1) is 11.3 Å². The van der Waals surface area contributed by atoms with Crippen LogP contribution in [0.15, 0.2) is 5.38 Å². The molecule has 0 radical (unpaired) electrons. The molecule has 1 spiro atoms. The highest BCUT2D eigenvalue weighted by Crippen LogP contribution is 2.35. The van der Waals surface area contributed by atoms with Crippen molar-refractivity contribution in [3.8, 4) is 6.07 Å². The van der Waals surface area contributed by atoms with E-state index in [9.17, 15) is 24.4 Å². The zero-order valence-corrected chi connectivity index (χ0v) is 16.9. The largest absolute Gasteiger partial charge is 0.458 e. The number of esters is 1. The molecular formula is C19H22N4O5S. The Bertz CT molecular complexity index is 868. The van der Waals surface area contributed by atoms with Crippen LogP contribution in [0.1, 0.15) is 55.1 Å². The molecule has 2 heterocycles. The number of nitrogens with one attached hydrogen (secondary N) is 1. The number of ether oxygens (including phenoxy) is 1. The highest BCUT2D eigenvalue weighted by Gasteiger charge is 2.52. The molecule has 1 N–H and O–H groups in total. The molecule has 3 rings (SSSR count). The molecule has 0 unspecified atom stereocenters. The molecule has 1 aromatic rings. The number of aryl methyl sites for hydroxylation is 1. The summed E-state index contributed by atoms with van der Waals surface area (Å²) in [7, 11) is 0. The maximum atomic E-state index is 12.5. The minimum absolute atomic E-state index is 0.0368. The average molecular weight is 418 g/mol. The van der Waals surface area contributed by atoms with Gasteiger partial charge in [0, 0.05) is 24.0 Å². The van der Waals surface area contributed by atoms with Gasteiger partial charge in [0.15, 0.2) is 18.3 Å². The Kier molecular flexibility index (Phi) is 6.27. The molecule has 3 amide bonds. The van der Waals surface area contributed by atoms with Crippen molar-refractivity contribution in [3.05, 3.63) is 16.1 Å². The topological polar surface area (TPSA) is 129 Å². The lowest BCUT2D eigenvalue weighted by molar-refractivity contribution is -0.148. The zero-order valence-electron chi connectivity index (χ0n) is 16.1. The van der Waals surface area contributed by atoms with E-state index in [1.165, 1.54) is 11.3 Å². The van der Waals surface area contributed by atoms with E-state index in [2.05, 4.69) is 10.3 Å². The Morgan fingerprint density at radius 2 is 2.14 bits per heavy atom. The second-order valence-corrected chi connectivity index (χ2v) is 8.19. The van der Waals surface area contributed by atoms with Crippen LogP contribution in [0.5, 0.6) is 0 Å².